The molecule has 6 nitrogen and oxygen atoms in total. The number of nitrogens with one attached hydrogen (secondary N) is 2. The van der Waals surface area contributed by atoms with Gasteiger partial charge in [0.2, 0.25) is 5.91 Å². The Morgan fingerprint density at radius 1 is 0.926 bits per heavy atom. The van der Waals surface area contributed by atoms with Crippen LogP contribution in [0.25, 0.3) is 0 Å². The molecule has 0 aliphatic rings. The predicted molar refractivity (Wildman–Crippen MR) is 107 cm³/mol. The van der Waals surface area contributed by atoms with Crippen molar-refractivity contribution in [3.8, 4) is 0 Å². The number of carbonyl (C=O) groups excluding carboxylic acids is 3. The van der Waals surface area contributed by atoms with Crippen LogP contribution in [0.1, 0.15) is 25.3 Å². The van der Waals surface area contributed by atoms with E-state index < -0.39 is 11.9 Å². The minimum absolute atomic E-state index is 0.0187. The van der Waals surface area contributed by atoms with Gasteiger partial charge in [0.1, 0.15) is 0 Å². The summed E-state index contributed by atoms with van der Waals surface area (Å²) in [5.41, 5.74) is 2.35. The number of aryl methyl sites for hydroxylation is 1. The van der Waals surface area contributed by atoms with E-state index in [1.165, 1.54) is 0 Å². The first-order chi connectivity index (χ1) is 13.0. The third kappa shape index (κ3) is 7.22. The highest BCUT2D eigenvalue weighted by Gasteiger charge is 2.12. The Labute approximate surface area is 166 Å². The van der Waals surface area contributed by atoms with Gasteiger partial charge in [0.25, 0.3) is 5.91 Å². The van der Waals surface area contributed by atoms with E-state index in [-0.39, 0.29) is 25.4 Å². The lowest BCUT2D eigenvalue weighted by atomic mass is 10.1. The van der Waals surface area contributed by atoms with Crippen LogP contribution in [0, 0.1) is 0 Å². The van der Waals surface area contributed by atoms with Crippen LogP contribution in [0.4, 0.5) is 11.4 Å². The molecular formula is C20H21BrN2O4. The molecule has 2 aromatic carbocycles. The highest BCUT2D eigenvalue weighted by atomic mass is 79.9. The SMILES string of the molecule is CCc1ccccc1NC(=O)COC(=O)CCC(=O)Nc1ccc(Br)cc1. The summed E-state index contributed by atoms with van der Waals surface area (Å²) in [7, 11) is 0. The largest absolute Gasteiger partial charge is 0.456 e. The van der Waals surface area contributed by atoms with Crippen molar-refractivity contribution in [2.75, 3.05) is 17.2 Å². The first-order valence-corrected chi connectivity index (χ1v) is 9.36. The second-order valence-electron chi connectivity index (χ2n) is 5.77. The van der Waals surface area contributed by atoms with Gasteiger partial charge in [-0.1, -0.05) is 41.1 Å². The molecule has 2 aromatic rings. The van der Waals surface area contributed by atoms with Crippen LogP contribution < -0.4 is 10.6 Å². The van der Waals surface area contributed by atoms with E-state index >= 15 is 0 Å². The maximum atomic E-state index is 11.9. The van der Waals surface area contributed by atoms with E-state index in [9.17, 15) is 14.4 Å². The van der Waals surface area contributed by atoms with Crippen molar-refractivity contribution < 1.29 is 19.1 Å². The fraction of sp³-hybridized carbons (Fsp3) is 0.250. The zero-order valence-electron chi connectivity index (χ0n) is 15.0. The van der Waals surface area contributed by atoms with E-state index in [0.717, 1.165) is 16.5 Å². The molecule has 2 N–H and O–H groups in total. The maximum absolute atomic E-state index is 11.9. The predicted octanol–water partition coefficient (Wildman–Crippen LogP) is 3.91. The molecule has 2 amide bonds. The van der Waals surface area contributed by atoms with Crippen LogP contribution >= 0.6 is 15.9 Å². The summed E-state index contributed by atoms with van der Waals surface area (Å²) < 4.78 is 5.84. The topological polar surface area (TPSA) is 84.5 Å². The number of amides is 2. The minimum atomic E-state index is -0.597. The Kier molecular flexibility index (Phi) is 8.00. The second-order valence-corrected chi connectivity index (χ2v) is 6.69. The first-order valence-electron chi connectivity index (χ1n) is 8.56. The lowest BCUT2D eigenvalue weighted by Gasteiger charge is -2.10. The van der Waals surface area contributed by atoms with Crippen LogP contribution in [0.2, 0.25) is 0 Å². The summed E-state index contributed by atoms with van der Waals surface area (Å²) in [6.45, 7) is 1.61. The Hall–Kier alpha value is -2.67. The molecule has 0 heterocycles. The van der Waals surface area contributed by atoms with Gasteiger partial charge >= 0.3 is 5.97 Å². The molecule has 0 atom stereocenters. The average molecular weight is 433 g/mol. The van der Waals surface area contributed by atoms with Crippen molar-refractivity contribution >= 4 is 45.1 Å². The van der Waals surface area contributed by atoms with Crippen LogP contribution in [0.15, 0.2) is 53.0 Å². The highest BCUT2D eigenvalue weighted by Crippen LogP contribution is 2.16. The minimum Gasteiger partial charge on any atom is -0.456 e. The third-order valence-electron chi connectivity index (χ3n) is 3.72. The number of halogens is 1. The fourth-order valence-corrected chi connectivity index (χ4v) is 2.59. The van der Waals surface area contributed by atoms with Crippen molar-refractivity contribution in [3.05, 3.63) is 58.6 Å². The van der Waals surface area contributed by atoms with Gasteiger partial charge in [-0.05, 0) is 42.3 Å². The van der Waals surface area contributed by atoms with Crippen molar-refractivity contribution in [1.82, 2.24) is 0 Å². The van der Waals surface area contributed by atoms with Crippen LogP contribution in [0.3, 0.4) is 0 Å². The number of benzene rings is 2. The molecule has 27 heavy (non-hydrogen) atoms. The van der Waals surface area contributed by atoms with Gasteiger partial charge in [-0.25, -0.2) is 0 Å². The fourth-order valence-electron chi connectivity index (χ4n) is 2.33. The summed E-state index contributed by atoms with van der Waals surface area (Å²) in [5.74, 6) is -1.31. The Balaban J connectivity index is 1.70. The lowest BCUT2D eigenvalue weighted by molar-refractivity contribution is -0.147. The summed E-state index contributed by atoms with van der Waals surface area (Å²) in [6, 6.07) is 14.5. The third-order valence-corrected chi connectivity index (χ3v) is 4.25. The molecule has 0 radical (unpaired) electrons. The number of hydrogen-bond acceptors (Lipinski definition) is 4. The number of carbonyl (C=O) groups is 3. The van der Waals surface area contributed by atoms with E-state index in [1.54, 1.807) is 30.3 Å². The average Bonchev–Trinajstić information content (AvgIpc) is 2.67. The van der Waals surface area contributed by atoms with Crippen LogP contribution in [-0.2, 0) is 25.5 Å². The van der Waals surface area contributed by atoms with Gasteiger partial charge in [0, 0.05) is 22.3 Å². The summed E-state index contributed by atoms with van der Waals surface area (Å²) in [6.07, 6.45) is 0.667. The van der Waals surface area contributed by atoms with E-state index in [1.807, 2.05) is 25.1 Å². The molecule has 0 spiro atoms. The van der Waals surface area contributed by atoms with E-state index in [4.69, 9.17) is 4.74 Å². The molecule has 0 aliphatic carbocycles. The molecule has 0 unspecified atom stereocenters. The number of anilines is 2. The monoisotopic (exact) mass is 432 g/mol. The van der Waals surface area contributed by atoms with Crippen LogP contribution in [-0.4, -0.2) is 24.4 Å². The summed E-state index contributed by atoms with van der Waals surface area (Å²) in [4.78, 5) is 35.5. The zero-order chi connectivity index (χ0) is 19.6. The first kappa shape index (κ1) is 20.6. The highest BCUT2D eigenvalue weighted by molar-refractivity contribution is 9.10. The van der Waals surface area contributed by atoms with Crippen molar-refractivity contribution in [2.45, 2.75) is 26.2 Å². The van der Waals surface area contributed by atoms with Gasteiger partial charge in [0.05, 0.1) is 6.42 Å². The van der Waals surface area contributed by atoms with Gasteiger partial charge in [-0.3, -0.25) is 14.4 Å². The maximum Gasteiger partial charge on any atom is 0.306 e. The molecule has 7 heteroatoms. The van der Waals surface area contributed by atoms with Crippen molar-refractivity contribution in [2.24, 2.45) is 0 Å². The van der Waals surface area contributed by atoms with Gasteiger partial charge in [0.15, 0.2) is 6.61 Å². The number of esters is 1. The van der Waals surface area contributed by atoms with E-state index in [0.29, 0.717) is 11.4 Å². The Morgan fingerprint density at radius 3 is 2.33 bits per heavy atom. The molecule has 0 fully saturated rings. The van der Waals surface area contributed by atoms with E-state index in [2.05, 4.69) is 26.6 Å². The molecule has 0 saturated carbocycles. The number of para-hydroxylation sites is 1. The Bertz CT molecular complexity index is 806. The molecule has 0 bridgehead atoms. The van der Waals surface area contributed by atoms with Gasteiger partial charge < -0.3 is 15.4 Å². The van der Waals surface area contributed by atoms with Gasteiger partial charge in [-0.15, -0.1) is 0 Å². The summed E-state index contributed by atoms with van der Waals surface area (Å²) >= 11 is 3.31. The lowest BCUT2D eigenvalue weighted by Crippen LogP contribution is -2.22. The Morgan fingerprint density at radius 2 is 1.63 bits per heavy atom. The zero-order valence-corrected chi connectivity index (χ0v) is 16.5. The van der Waals surface area contributed by atoms with Crippen molar-refractivity contribution in [3.63, 3.8) is 0 Å². The molecular weight excluding hydrogens is 412 g/mol. The standard InChI is InChI=1S/C20H21BrN2O4/c1-2-14-5-3-4-6-17(14)23-19(25)13-27-20(26)12-11-18(24)22-16-9-7-15(21)8-10-16/h3-10H,2,11-13H2,1H3,(H,22,24)(H,23,25). The molecule has 0 saturated heterocycles. The second kappa shape index (κ2) is 10.5. The van der Waals surface area contributed by atoms with Crippen LogP contribution in [0.5, 0.6) is 0 Å². The van der Waals surface area contributed by atoms with Crippen molar-refractivity contribution in [1.29, 1.82) is 0 Å². The smallest absolute Gasteiger partial charge is 0.306 e. The normalized spacial score (nSPS) is 10.1. The molecule has 142 valence electrons. The molecule has 0 aromatic heterocycles. The number of ether oxygens (including phenoxy) is 1. The quantitative estimate of drug-likeness (QED) is 0.619. The number of rotatable bonds is 8. The summed E-state index contributed by atoms with van der Waals surface area (Å²) in [5, 5.41) is 5.41. The molecule has 0 aliphatic heterocycles. The number of hydrogen-bond donors (Lipinski definition) is 2. The molecule has 2 rings (SSSR count). The van der Waals surface area contributed by atoms with Gasteiger partial charge in [-0.2, -0.15) is 0 Å².